The van der Waals surface area contributed by atoms with Gasteiger partial charge in [-0.3, -0.25) is 9.59 Å². The molecular weight excluding hydrogens is 394 g/mol. The average molecular weight is 412 g/mol. The topological polar surface area (TPSA) is 43.9 Å². The summed E-state index contributed by atoms with van der Waals surface area (Å²) in [6.07, 6.45) is 1.02. The molecule has 26 heavy (non-hydrogen) atoms. The van der Waals surface area contributed by atoms with Gasteiger partial charge in [0.25, 0.3) is 5.91 Å². The average Bonchev–Trinajstić information content (AvgIpc) is 3.29. The Labute approximate surface area is 160 Å². The van der Waals surface area contributed by atoms with Crippen molar-refractivity contribution < 1.29 is 9.59 Å². The molecule has 0 saturated carbocycles. The molecule has 3 aliphatic heterocycles. The van der Waals surface area contributed by atoms with Gasteiger partial charge < -0.3 is 0 Å². The number of halogens is 1. The van der Waals surface area contributed by atoms with Gasteiger partial charge >= 0.3 is 0 Å². The molecule has 3 saturated heterocycles. The van der Waals surface area contributed by atoms with Gasteiger partial charge in [-0.2, -0.15) is 0 Å². The summed E-state index contributed by atoms with van der Waals surface area (Å²) in [5.74, 6) is -0.546. The lowest BCUT2D eigenvalue weighted by molar-refractivity contribution is -0.126. The number of hydrazine groups is 1. The fourth-order valence-electron chi connectivity index (χ4n) is 4.60. The lowest BCUT2D eigenvalue weighted by atomic mass is 9.90. The second kappa shape index (κ2) is 6.01. The zero-order valence-corrected chi connectivity index (χ0v) is 15.7. The number of carbonyl (C=O) groups is 2. The van der Waals surface area contributed by atoms with Crippen LogP contribution in [-0.2, 0) is 9.59 Å². The van der Waals surface area contributed by atoms with Gasteiger partial charge in [-0.15, -0.1) is 0 Å². The second-order valence-electron chi connectivity index (χ2n) is 6.99. The fourth-order valence-corrected chi connectivity index (χ4v) is 4.87. The molecule has 0 bridgehead atoms. The molecule has 3 aliphatic rings. The van der Waals surface area contributed by atoms with Crippen LogP contribution >= 0.6 is 15.9 Å². The van der Waals surface area contributed by atoms with Gasteiger partial charge in [-0.25, -0.2) is 14.9 Å². The number of carbonyl (C=O) groups excluding carboxylic acids is 2. The number of amides is 2. The first-order valence-electron chi connectivity index (χ1n) is 8.88. The van der Waals surface area contributed by atoms with E-state index in [0.717, 1.165) is 29.5 Å². The minimum absolute atomic E-state index is 0.0826. The molecule has 0 unspecified atom stereocenters. The van der Waals surface area contributed by atoms with Crippen molar-refractivity contribution in [2.24, 2.45) is 5.92 Å². The van der Waals surface area contributed by atoms with E-state index in [1.54, 1.807) is 0 Å². The van der Waals surface area contributed by atoms with E-state index in [-0.39, 0.29) is 29.8 Å². The summed E-state index contributed by atoms with van der Waals surface area (Å²) in [4.78, 5) is 27.9. The Morgan fingerprint density at radius 3 is 2.15 bits per heavy atom. The van der Waals surface area contributed by atoms with E-state index in [1.807, 2.05) is 42.5 Å². The third-order valence-corrected chi connectivity index (χ3v) is 6.16. The lowest BCUT2D eigenvalue weighted by Gasteiger charge is -2.29. The smallest absolute Gasteiger partial charge is 0.253 e. The van der Waals surface area contributed by atoms with Crippen LogP contribution < -0.4 is 4.90 Å². The fraction of sp³-hybridized carbons (Fsp3) is 0.300. The maximum absolute atomic E-state index is 13.3. The highest BCUT2D eigenvalue weighted by Gasteiger charge is 2.62. The van der Waals surface area contributed by atoms with E-state index in [9.17, 15) is 9.59 Å². The second-order valence-corrected chi connectivity index (χ2v) is 7.91. The van der Waals surface area contributed by atoms with E-state index in [4.69, 9.17) is 0 Å². The molecule has 2 aromatic rings. The van der Waals surface area contributed by atoms with Gasteiger partial charge in [0.1, 0.15) is 6.04 Å². The van der Waals surface area contributed by atoms with Crippen LogP contribution in [0.3, 0.4) is 0 Å². The van der Waals surface area contributed by atoms with Crippen molar-refractivity contribution in [2.75, 3.05) is 18.0 Å². The minimum Gasteiger partial charge on any atom is -0.274 e. The summed E-state index contributed by atoms with van der Waals surface area (Å²) < 4.78 is 1.01. The van der Waals surface area contributed by atoms with Crippen LogP contribution in [-0.4, -0.2) is 41.0 Å². The Bertz CT molecular complexity index is 870. The zero-order valence-electron chi connectivity index (χ0n) is 14.1. The molecule has 3 atom stereocenters. The van der Waals surface area contributed by atoms with Crippen LogP contribution in [0.1, 0.15) is 18.0 Å². The van der Waals surface area contributed by atoms with Crippen LogP contribution in [0.25, 0.3) is 0 Å². The Balaban J connectivity index is 1.59. The molecule has 132 valence electrons. The highest BCUT2D eigenvalue weighted by Crippen LogP contribution is 2.48. The molecule has 2 amide bonds. The van der Waals surface area contributed by atoms with E-state index in [2.05, 4.69) is 38.1 Å². The maximum Gasteiger partial charge on any atom is 0.253 e. The quantitative estimate of drug-likeness (QED) is 0.712. The largest absolute Gasteiger partial charge is 0.274 e. The Morgan fingerprint density at radius 1 is 0.808 bits per heavy atom. The first kappa shape index (κ1) is 16.2. The van der Waals surface area contributed by atoms with Crippen LogP contribution in [0.15, 0.2) is 59.1 Å². The molecule has 0 spiro atoms. The van der Waals surface area contributed by atoms with E-state index < -0.39 is 0 Å². The molecule has 5 nitrogen and oxygen atoms in total. The third kappa shape index (κ3) is 2.22. The summed E-state index contributed by atoms with van der Waals surface area (Å²) in [5.41, 5.74) is 1.75. The van der Waals surface area contributed by atoms with Crippen LogP contribution in [0.2, 0.25) is 0 Å². The molecular formula is C20H18BrN3O2. The number of para-hydroxylation sites is 1. The molecule has 3 heterocycles. The Kier molecular flexibility index (Phi) is 3.74. The van der Waals surface area contributed by atoms with Crippen molar-refractivity contribution in [1.29, 1.82) is 0 Å². The van der Waals surface area contributed by atoms with Crippen LogP contribution in [0.4, 0.5) is 5.69 Å². The van der Waals surface area contributed by atoms with Gasteiger partial charge in [0.15, 0.2) is 0 Å². The SMILES string of the molecule is O=C1[C@@H]2[C@@H](C(=O)N1c1ccccc1)N1CCCN1[C@H]2c1ccc(Br)cc1. The van der Waals surface area contributed by atoms with Crippen molar-refractivity contribution in [3.05, 3.63) is 64.6 Å². The summed E-state index contributed by atoms with van der Waals surface area (Å²) in [5, 5.41) is 4.36. The minimum atomic E-state index is -0.390. The number of anilines is 1. The highest BCUT2D eigenvalue weighted by molar-refractivity contribution is 9.10. The number of nitrogens with zero attached hydrogens (tertiary/aromatic N) is 3. The van der Waals surface area contributed by atoms with E-state index in [0.29, 0.717) is 5.69 Å². The maximum atomic E-state index is 13.3. The zero-order chi connectivity index (χ0) is 17.8. The van der Waals surface area contributed by atoms with Crippen molar-refractivity contribution in [2.45, 2.75) is 18.5 Å². The van der Waals surface area contributed by atoms with Crippen LogP contribution in [0.5, 0.6) is 0 Å². The Morgan fingerprint density at radius 2 is 1.46 bits per heavy atom. The number of rotatable bonds is 2. The summed E-state index contributed by atoms with van der Waals surface area (Å²) in [6.45, 7) is 1.72. The van der Waals surface area contributed by atoms with Crippen molar-refractivity contribution >= 4 is 33.4 Å². The van der Waals surface area contributed by atoms with Crippen molar-refractivity contribution in [3.63, 3.8) is 0 Å². The van der Waals surface area contributed by atoms with Gasteiger partial charge in [-0.05, 0) is 36.2 Å². The van der Waals surface area contributed by atoms with E-state index >= 15 is 0 Å². The summed E-state index contributed by atoms with van der Waals surface area (Å²) >= 11 is 3.48. The predicted octanol–water partition coefficient (Wildman–Crippen LogP) is 2.98. The third-order valence-electron chi connectivity index (χ3n) is 5.63. The summed E-state index contributed by atoms with van der Waals surface area (Å²) in [6, 6.07) is 16.9. The van der Waals surface area contributed by atoms with Gasteiger partial charge in [-0.1, -0.05) is 46.3 Å². The predicted molar refractivity (Wildman–Crippen MR) is 101 cm³/mol. The first-order chi connectivity index (χ1) is 12.7. The van der Waals surface area contributed by atoms with Gasteiger partial charge in [0.2, 0.25) is 5.91 Å². The molecule has 2 aromatic carbocycles. The lowest BCUT2D eigenvalue weighted by Crippen LogP contribution is -2.44. The number of hydrogen-bond donors (Lipinski definition) is 0. The number of fused-ring (bicyclic) bond motifs is 3. The first-order valence-corrected chi connectivity index (χ1v) is 9.67. The molecule has 0 aliphatic carbocycles. The normalized spacial score (nSPS) is 28.7. The van der Waals surface area contributed by atoms with Gasteiger partial charge in [0, 0.05) is 17.6 Å². The molecule has 3 fully saturated rings. The van der Waals surface area contributed by atoms with Crippen LogP contribution in [0, 0.1) is 5.92 Å². The van der Waals surface area contributed by atoms with E-state index in [1.165, 1.54) is 4.90 Å². The molecule has 0 aromatic heterocycles. The molecule has 6 heteroatoms. The van der Waals surface area contributed by atoms with Gasteiger partial charge in [0.05, 0.1) is 17.6 Å². The number of benzene rings is 2. The molecule has 5 rings (SSSR count). The standard InChI is InChI=1S/C20H18BrN3O2/c21-14-9-7-13(8-10-14)17-16-18(23-12-4-11-22(17)23)20(26)24(19(16)25)15-5-2-1-3-6-15/h1-3,5-10,16-18H,4,11-12H2/t16-,17-,18-/m0/s1. The van der Waals surface area contributed by atoms with Crippen molar-refractivity contribution in [1.82, 2.24) is 10.0 Å². The highest BCUT2D eigenvalue weighted by atomic mass is 79.9. The molecule has 0 radical (unpaired) electrons. The monoisotopic (exact) mass is 411 g/mol. The number of hydrogen-bond acceptors (Lipinski definition) is 4. The summed E-state index contributed by atoms with van der Waals surface area (Å²) in [7, 11) is 0. The number of imide groups is 1. The molecule has 0 N–H and O–H groups in total. The van der Waals surface area contributed by atoms with Crippen molar-refractivity contribution in [3.8, 4) is 0 Å². The Hall–Kier alpha value is -2.02.